The van der Waals surface area contributed by atoms with E-state index in [4.69, 9.17) is 58.6 Å². The Balaban J connectivity index is 2.03. The third-order valence-electron chi connectivity index (χ3n) is 3.28. The summed E-state index contributed by atoms with van der Waals surface area (Å²) < 4.78 is 0. The molecule has 0 heterocycles. The summed E-state index contributed by atoms with van der Waals surface area (Å²) in [6.45, 7) is 1.90. The zero-order valence-corrected chi connectivity index (χ0v) is 17.4. The molecule has 9 heteroatoms. The van der Waals surface area contributed by atoms with E-state index in [-0.39, 0.29) is 11.0 Å². The minimum atomic E-state index is -0.941. The second-order valence-electron chi connectivity index (χ2n) is 5.38. The van der Waals surface area contributed by atoms with Crippen LogP contribution in [-0.4, -0.2) is 22.0 Å². The minimum absolute atomic E-state index is 0.190. The first-order valence-corrected chi connectivity index (χ1v) is 9.48. The van der Waals surface area contributed by atoms with E-state index in [2.05, 4.69) is 16.0 Å². The molecule has 4 nitrogen and oxygen atoms in total. The van der Waals surface area contributed by atoms with Crippen LogP contribution in [0.5, 0.6) is 0 Å². The second kappa shape index (κ2) is 9.62. The van der Waals surface area contributed by atoms with Crippen molar-refractivity contribution in [3.63, 3.8) is 0 Å². The Bertz CT molecular complexity index is 816. The van der Waals surface area contributed by atoms with E-state index in [0.717, 1.165) is 5.56 Å². The monoisotopic (exact) mass is 449 g/mol. The SMILES string of the molecule is Cc1cccc(C(=O)N[C@@H](NC(=S)Nc2ccc(Cl)cc2Cl)C(Cl)Cl)c1. The lowest BCUT2D eigenvalue weighted by Crippen LogP contribution is -2.52. The molecule has 0 radical (unpaired) electrons. The minimum Gasteiger partial charge on any atom is -0.340 e. The van der Waals surface area contributed by atoms with Gasteiger partial charge in [-0.05, 0) is 49.5 Å². The van der Waals surface area contributed by atoms with Crippen LogP contribution in [-0.2, 0) is 0 Å². The maximum atomic E-state index is 12.4. The van der Waals surface area contributed by atoms with Gasteiger partial charge in [-0.3, -0.25) is 4.79 Å². The van der Waals surface area contributed by atoms with Crippen LogP contribution in [0.2, 0.25) is 10.0 Å². The smallest absolute Gasteiger partial charge is 0.252 e. The predicted octanol–water partition coefficient (Wildman–Crippen LogP) is 5.15. The Morgan fingerprint density at radius 3 is 2.42 bits per heavy atom. The quantitative estimate of drug-likeness (QED) is 0.335. The molecule has 0 fully saturated rings. The van der Waals surface area contributed by atoms with Gasteiger partial charge in [0.05, 0.1) is 10.7 Å². The largest absolute Gasteiger partial charge is 0.340 e. The van der Waals surface area contributed by atoms with Crippen molar-refractivity contribution in [3.05, 3.63) is 63.6 Å². The van der Waals surface area contributed by atoms with E-state index in [9.17, 15) is 4.79 Å². The molecule has 0 saturated heterocycles. The van der Waals surface area contributed by atoms with Crippen LogP contribution >= 0.6 is 58.6 Å². The molecule has 138 valence electrons. The highest BCUT2D eigenvalue weighted by atomic mass is 35.5. The van der Waals surface area contributed by atoms with E-state index < -0.39 is 11.0 Å². The first-order chi connectivity index (χ1) is 12.3. The van der Waals surface area contributed by atoms with Gasteiger partial charge in [-0.1, -0.05) is 40.9 Å². The zero-order chi connectivity index (χ0) is 19.3. The first-order valence-electron chi connectivity index (χ1n) is 7.44. The topological polar surface area (TPSA) is 53.2 Å². The number of thiocarbonyl (C=S) groups is 1. The molecule has 0 unspecified atom stereocenters. The molecular formula is C17H15Cl4N3OS. The molecule has 0 aliphatic rings. The molecule has 2 aromatic carbocycles. The molecule has 1 amide bonds. The van der Waals surface area contributed by atoms with E-state index in [1.165, 1.54) is 0 Å². The van der Waals surface area contributed by atoms with Crippen LogP contribution in [0.15, 0.2) is 42.5 Å². The Morgan fingerprint density at radius 2 is 1.81 bits per heavy atom. The summed E-state index contributed by atoms with van der Waals surface area (Å²) in [4.78, 5) is 11.4. The number of aryl methyl sites for hydroxylation is 1. The van der Waals surface area contributed by atoms with Crippen LogP contribution in [0.3, 0.4) is 0 Å². The molecule has 1 atom stereocenters. The highest BCUT2D eigenvalue weighted by Crippen LogP contribution is 2.25. The maximum Gasteiger partial charge on any atom is 0.252 e. The van der Waals surface area contributed by atoms with E-state index in [1.807, 2.05) is 13.0 Å². The number of benzene rings is 2. The average molecular weight is 451 g/mol. The van der Waals surface area contributed by atoms with Gasteiger partial charge in [0.1, 0.15) is 11.0 Å². The van der Waals surface area contributed by atoms with Crippen molar-refractivity contribution in [2.75, 3.05) is 5.32 Å². The summed E-state index contributed by atoms with van der Waals surface area (Å²) in [7, 11) is 0. The number of carbonyl (C=O) groups is 1. The van der Waals surface area contributed by atoms with Crippen molar-refractivity contribution < 1.29 is 4.79 Å². The molecule has 26 heavy (non-hydrogen) atoms. The van der Waals surface area contributed by atoms with Crippen molar-refractivity contribution in [1.82, 2.24) is 10.6 Å². The van der Waals surface area contributed by atoms with Crippen molar-refractivity contribution in [2.45, 2.75) is 17.9 Å². The van der Waals surface area contributed by atoms with Gasteiger partial charge >= 0.3 is 0 Å². The van der Waals surface area contributed by atoms with Gasteiger partial charge in [-0.15, -0.1) is 23.2 Å². The van der Waals surface area contributed by atoms with E-state index in [1.54, 1.807) is 36.4 Å². The summed E-state index contributed by atoms with van der Waals surface area (Å²) in [6.07, 6.45) is -0.808. The average Bonchev–Trinajstić information content (AvgIpc) is 2.56. The molecule has 0 aliphatic carbocycles. The number of halogens is 4. The number of hydrogen-bond donors (Lipinski definition) is 3. The molecular weight excluding hydrogens is 436 g/mol. The van der Waals surface area contributed by atoms with Gasteiger partial charge in [0.15, 0.2) is 5.11 Å². The Kier molecular flexibility index (Phi) is 7.80. The molecule has 2 aromatic rings. The van der Waals surface area contributed by atoms with Crippen LogP contribution in [0.25, 0.3) is 0 Å². The molecule has 0 aliphatic heterocycles. The lowest BCUT2D eigenvalue weighted by atomic mass is 10.1. The first kappa shape index (κ1) is 21.1. The van der Waals surface area contributed by atoms with Crippen LogP contribution in [0, 0.1) is 6.92 Å². The molecule has 0 aromatic heterocycles. The van der Waals surface area contributed by atoms with Gasteiger partial charge in [0, 0.05) is 10.6 Å². The van der Waals surface area contributed by atoms with Crippen molar-refractivity contribution in [1.29, 1.82) is 0 Å². The molecule has 0 bridgehead atoms. The number of carbonyl (C=O) groups excluding carboxylic acids is 1. The predicted molar refractivity (Wildman–Crippen MR) is 114 cm³/mol. The number of rotatable bonds is 5. The normalized spacial score (nSPS) is 11.8. The van der Waals surface area contributed by atoms with Crippen LogP contribution in [0.1, 0.15) is 15.9 Å². The highest BCUT2D eigenvalue weighted by molar-refractivity contribution is 7.80. The number of anilines is 1. The summed E-state index contributed by atoms with van der Waals surface area (Å²) >= 11 is 29.1. The fourth-order valence-electron chi connectivity index (χ4n) is 2.06. The fourth-order valence-corrected chi connectivity index (χ4v) is 3.01. The van der Waals surface area contributed by atoms with Crippen LogP contribution < -0.4 is 16.0 Å². The molecule has 0 saturated carbocycles. The Labute approximate surface area is 177 Å². The third kappa shape index (κ3) is 6.18. The van der Waals surface area contributed by atoms with Gasteiger partial charge in [-0.2, -0.15) is 0 Å². The number of amides is 1. The maximum absolute atomic E-state index is 12.4. The standard InChI is InChI=1S/C17H15Cl4N3OS/c1-9-3-2-4-10(7-9)16(25)23-15(14(20)21)24-17(26)22-13-6-5-11(18)8-12(13)19/h2-8,14-15H,1H3,(H,23,25)(H2,22,24,26)/t15-/m0/s1. The summed E-state index contributed by atoms with van der Waals surface area (Å²) in [5, 5.41) is 9.56. The Hall–Kier alpha value is -1.24. The Morgan fingerprint density at radius 1 is 1.08 bits per heavy atom. The summed E-state index contributed by atoms with van der Waals surface area (Å²) in [6, 6.07) is 12.1. The van der Waals surface area contributed by atoms with Crippen LogP contribution in [0.4, 0.5) is 5.69 Å². The third-order valence-corrected chi connectivity index (χ3v) is 4.56. The van der Waals surface area contributed by atoms with Crippen molar-refractivity contribution >= 4 is 75.3 Å². The number of nitrogens with one attached hydrogen (secondary N) is 3. The fraction of sp³-hybridized carbons (Fsp3) is 0.176. The van der Waals surface area contributed by atoms with Gasteiger partial charge in [-0.25, -0.2) is 0 Å². The van der Waals surface area contributed by atoms with E-state index in [0.29, 0.717) is 21.3 Å². The molecule has 3 N–H and O–H groups in total. The van der Waals surface area contributed by atoms with Gasteiger partial charge in [0.25, 0.3) is 5.91 Å². The second-order valence-corrected chi connectivity index (χ2v) is 7.79. The lowest BCUT2D eigenvalue weighted by molar-refractivity contribution is 0.0936. The molecule has 2 rings (SSSR count). The summed E-state index contributed by atoms with van der Waals surface area (Å²) in [5.41, 5.74) is 2.01. The summed E-state index contributed by atoms with van der Waals surface area (Å²) in [5.74, 6) is -0.329. The molecule has 0 spiro atoms. The van der Waals surface area contributed by atoms with Gasteiger partial charge in [0.2, 0.25) is 0 Å². The zero-order valence-electron chi connectivity index (χ0n) is 13.5. The highest BCUT2D eigenvalue weighted by Gasteiger charge is 2.21. The van der Waals surface area contributed by atoms with E-state index >= 15 is 0 Å². The van der Waals surface area contributed by atoms with Crippen molar-refractivity contribution in [2.24, 2.45) is 0 Å². The lowest BCUT2D eigenvalue weighted by Gasteiger charge is -2.23. The van der Waals surface area contributed by atoms with Crippen molar-refractivity contribution in [3.8, 4) is 0 Å². The van der Waals surface area contributed by atoms with Gasteiger partial charge < -0.3 is 16.0 Å². The number of hydrogen-bond acceptors (Lipinski definition) is 2. The number of alkyl halides is 2.